The minimum Gasteiger partial charge on any atom is -0.618 e. The zero-order chi connectivity index (χ0) is 10.7. The maximum Gasteiger partial charge on any atom is 0.208 e. The number of aromatic nitrogens is 1. The van der Waals surface area contributed by atoms with Crippen molar-refractivity contribution in [2.45, 2.75) is 6.42 Å². The van der Waals surface area contributed by atoms with E-state index in [9.17, 15) is 10.0 Å². The van der Waals surface area contributed by atoms with E-state index in [-0.39, 0.29) is 18.0 Å². The van der Waals surface area contributed by atoms with Crippen molar-refractivity contribution in [1.82, 2.24) is 0 Å². The van der Waals surface area contributed by atoms with E-state index in [1.165, 1.54) is 12.5 Å². The van der Waals surface area contributed by atoms with Crippen molar-refractivity contribution >= 4 is 5.78 Å². The highest BCUT2D eigenvalue weighted by atomic mass is 16.5. The second kappa shape index (κ2) is 3.96. The van der Waals surface area contributed by atoms with E-state index in [4.69, 9.17) is 4.42 Å². The van der Waals surface area contributed by atoms with Crippen LogP contribution in [0.25, 0.3) is 0 Å². The zero-order valence-electron chi connectivity index (χ0n) is 7.92. The van der Waals surface area contributed by atoms with E-state index in [1.54, 1.807) is 30.3 Å². The van der Waals surface area contributed by atoms with Crippen LogP contribution in [0.3, 0.4) is 0 Å². The van der Waals surface area contributed by atoms with Crippen LogP contribution < -0.4 is 4.73 Å². The predicted molar refractivity (Wildman–Crippen MR) is 52.1 cm³/mol. The molecule has 76 valence electrons. The third kappa shape index (κ3) is 2.04. The standard InChI is InChI=1S/C11H9NO3/c13-10(11-5-3-7-15-11)8-9-4-1-2-6-12(9)14/h1-7H,8H2. The zero-order valence-corrected chi connectivity index (χ0v) is 7.92. The van der Waals surface area contributed by atoms with Crippen LogP contribution in [0.2, 0.25) is 0 Å². The molecule has 0 spiro atoms. The molecule has 0 bridgehead atoms. The van der Waals surface area contributed by atoms with Crippen molar-refractivity contribution in [2.24, 2.45) is 0 Å². The number of ketones is 1. The lowest BCUT2D eigenvalue weighted by Crippen LogP contribution is -2.32. The van der Waals surface area contributed by atoms with E-state index in [1.807, 2.05) is 0 Å². The Kier molecular flexibility index (Phi) is 2.49. The Balaban J connectivity index is 2.17. The Hall–Kier alpha value is -2.10. The number of Topliss-reactive ketones (excluding diaryl/α,β-unsaturated/α-hetero) is 1. The molecule has 0 aromatic carbocycles. The summed E-state index contributed by atoms with van der Waals surface area (Å²) in [6, 6.07) is 8.19. The number of rotatable bonds is 3. The van der Waals surface area contributed by atoms with Crippen molar-refractivity contribution in [3.05, 3.63) is 59.5 Å². The summed E-state index contributed by atoms with van der Waals surface area (Å²) in [7, 11) is 0. The van der Waals surface area contributed by atoms with Crippen LogP contribution in [0.15, 0.2) is 47.2 Å². The van der Waals surface area contributed by atoms with Gasteiger partial charge in [-0.25, -0.2) is 0 Å². The number of pyridine rings is 1. The molecule has 0 fully saturated rings. The smallest absolute Gasteiger partial charge is 0.208 e. The molecule has 0 N–H and O–H groups in total. The van der Waals surface area contributed by atoms with Gasteiger partial charge in [-0.3, -0.25) is 4.79 Å². The second-order valence-electron chi connectivity index (χ2n) is 3.10. The molecule has 0 saturated carbocycles. The Bertz CT molecular complexity index is 462. The van der Waals surface area contributed by atoms with Crippen LogP contribution >= 0.6 is 0 Å². The fourth-order valence-corrected chi connectivity index (χ4v) is 1.29. The number of hydrogen-bond donors (Lipinski definition) is 0. The van der Waals surface area contributed by atoms with E-state index < -0.39 is 0 Å². The van der Waals surface area contributed by atoms with Crippen molar-refractivity contribution in [1.29, 1.82) is 0 Å². The molecule has 4 heteroatoms. The SMILES string of the molecule is O=C(Cc1cccc[n+]1[O-])c1ccco1. The summed E-state index contributed by atoms with van der Waals surface area (Å²) >= 11 is 0. The van der Waals surface area contributed by atoms with Gasteiger partial charge in [0.1, 0.15) is 6.42 Å². The first-order chi connectivity index (χ1) is 7.27. The normalized spacial score (nSPS) is 10.1. The second-order valence-corrected chi connectivity index (χ2v) is 3.10. The van der Waals surface area contributed by atoms with Gasteiger partial charge in [-0.1, -0.05) is 0 Å². The molecule has 0 radical (unpaired) electrons. The molecule has 2 aromatic rings. The summed E-state index contributed by atoms with van der Waals surface area (Å²) in [6.45, 7) is 0. The topological polar surface area (TPSA) is 57.1 Å². The summed E-state index contributed by atoms with van der Waals surface area (Å²) in [5.74, 6) is 0.0784. The van der Waals surface area contributed by atoms with Gasteiger partial charge >= 0.3 is 0 Å². The molecule has 15 heavy (non-hydrogen) atoms. The van der Waals surface area contributed by atoms with Crippen LogP contribution in [-0.4, -0.2) is 5.78 Å². The molecule has 2 heterocycles. The third-order valence-corrected chi connectivity index (χ3v) is 2.04. The van der Waals surface area contributed by atoms with Crippen molar-refractivity contribution < 1.29 is 13.9 Å². The van der Waals surface area contributed by atoms with Gasteiger partial charge in [0.05, 0.1) is 6.26 Å². The van der Waals surface area contributed by atoms with Crippen LogP contribution in [0.1, 0.15) is 16.2 Å². The van der Waals surface area contributed by atoms with E-state index in [2.05, 4.69) is 0 Å². The molecular formula is C11H9NO3. The van der Waals surface area contributed by atoms with Crippen molar-refractivity contribution in [3.8, 4) is 0 Å². The maximum absolute atomic E-state index is 11.6. The molecule has 0 saturated heterocycles. The molecular weight excluding hydrogens is 194 g/mol. The van der Waals surface area contributed by atoms with Gasteiger partial charge in [0.15, 0.2) is 12.0 Å². The summed E-state index contributed by atoms with van der Waals surface area (Å²) < 4.78 is 5.63. The number of carbonyl (C=O) groups excluding carboxylic acids is 1. The number of furan rings is 1. The lowest BCUT2D eigenvalue weighted by molar-refractivity contribution is -0.613. The van der Waals surface area contributed by atoms with Gasteiger partial charge in [-0.15, -0.1) is 0 Å². The molecule has 0 unspecified atom stereocenters. The van der Waals surface area contributed by atoms with Crippen molar-refractivity contribution in [2.75, 3.05) is 0 Å². The molecule has 0 atom stereocenters. The monoisotopic (exact) mass is 203 g/mol. The lowest BCUT2D eigenvalue weighted by atomic mass is 10.1. The summed E-state index contributed by atoms with van der Waals surface area (Å²) in [5, 5.41) is 11.3. The fraction of sp³-hybridized carbons (Fsp3) is 0.0909. The van der Waals surface area contributed by atoms with E-state index >= 15 is 0 Å². The highest BCUT2D eigenvalue weighted by molar-refractivity contribution is 5.94. The maximum atomic E-state index is 11.6. The summed E-state index contributed by atoms with van der Waals surface area (Å²) in [4.78, 5) is 11.6. The van der Waals surface area contributed by atoms with Crippen LogP contribution in [0.5, 0.6) is 0 Å². The quantitative estimate of drug-likeness (QED) is 0.429. The average molecular weight is 203 g/mol. The minimum atomic E-state index is -0.198. The van der Waals surface area contributed by atoms with Gasteiger partial charge < -0.3 is 9.62 Å². The Labute approximate surface area is 86.4 Å². The first kappa shape index (κ1) is 9.45. The summed E-state index contributed by atoms with van der Waals surface area (Å²) in [6.07, 6.45) is 2.85. The molecule has 2 aromatic heterocycles. The largest absolute Gasteiger partial charge is 0.618 e. The minimum absolute atomic E-state index is 0.0534. The predicted octanol–water partition coefficient (Wildman–Crippen LogP) is 1.34. The van der Waals surface area contributed by atoms with Crippen LogP contribution in [0, 0.1) is 5.21 Å². The van der Waals surface area contributed by atoms with Gasteiger partial charge in [-0.2, -0.15) is 4.73 Å². The third-order valence-electron chi connectivity index (χ3n) is 2.04. The molecule has 4 nitrogen and oxygen atoms in total. The highest BCUT2D eigenvalue weighted by Crippen LogP contribution is 2.05. The number of hydrogen-bond acceptors (Lipinski definition) is 3. The molecule has 2 rings (SSSR count). The fourth-order valence-electron chi connectivity index (χ4n) is 1.29. The van der Waals surface area contributed by atoms with Crippen LogP contribution in [-0.2, 0) is 6.42 Å². The Morgan fingerprint density at radius 1 is 1.33 bits per heavy atom. The van der Waals surface area contributed by atoms with E-state index in [0.29, 0.717) is 10.4 Å². The number of nitrogens with zero attached hydrogens (tertiary/aromatic N) is 1. The first-order valence-electron chi connectivity index (χ1n) is 4.51. The number of carbonyl (C=O) groups is 1. The first-order valence-corrected chi connectivity index (χ1v) is 4.51. The van der Waals surface area contributed by atoms with Gasteiger partial charge in [0.25, 0.3) is 0 Å². The average Bonchev–Trinajstić information content (AvgIpc) is 2.74. The summed E-state index contributed by atoms with van der Waals surface area (Å²) in [5.41, 5.74) is 0.416. The molecule has 0 aliphatic carbocycles. The molecule has 0 amide bonds. The highest BCUT2D eigenvalue weighted by Gasteiger charge is 2.14. The van der Waals surface area contributed by atoms with E-state index in [0.717, 1.165) is 0 Å². The van der Waals surface area contributed by atoms with Crippen LogP contribution in [0.4, 0.5) is 0 Å². The van der Waals surface area contributed by atoms with Gasteiger partial charge in [-0.05, 0) is 18.2 Å². The Morgan fingerprint density at radius 3 is 2.87 bits per heavy atom. The lowest BCUT2D eigenvalue weighted by Gasteiger charge is -2.01. The Morgan fingerprint density at radius 2 is 2.20 bits per heavy atom. The van der Waals surface area contributed by atoms with Gasteiger partial charge in [0, 0.05) is 12.1 Å². The van der Waals surface area contributed by atoms with Gasteiger partial charge in [0.2, 0.25) is 11.5 Å². The van der Waals surface area contributed by atoms with Crippen molar-refractivity contribution in [3.63, 3.8) is 0 Å². The molecule has 0 aliphatic heterocycles. The molecule has 0 aliphatic rings.